The minimum absolute atomic E-state index is 0.101. The van der Waals surface area contributed by atoms with Gasteiger partial charge in [0.25, 0.3) is 0 Å². The van der Waals surface area contributed by atoms with Crippen LogP contribution in [0.5, 0.6) is 5.75 Å². The lowest BCUT2D eigenvalue weighted by Crippen LogP contribution is -2.48. The second kappa shape index (κ2) is 5.79. The quantitative estimate of drug-likeness (QED) is 0.919. The number of methoxy groups -OCH3 is 1. The van der Waals surface area contributed by atoms with Crippen LogP contribution in [0, 0.1) is 0 Å². The van der Waals surface area contributed by atoms with E-state index in [2.05, 4.69) is 5.32 Å². The highest BCUT2D eigenvalue weighted by atomic mass is 19.4. The number of benzene rings is 1. The van der Waals surface area contributed by atoms with Gasteiger partial charge in [-0.25, -0.2) is 0 Å². The zero-order chi connectivity index (χ0) is 13.9. The van der Waals surface area contributed by atoms with Crippen molar-refractivity contribution < 1.29 is 22.6 Å². The van der Waals surface area contributed by atoms with Crippen LogP contribution in [0.15, 0.2) is 24.3 Å². The molecule has 0 saturated carbocycles. The number of alkyl halides is 3. The first-order chi connectivity index (χ1) is 9.00. The van der Waals surface area contributed by atoms with E-state index in [1.807, 2.05) is 0 Å². The lowest BCUT2D eigenvalue weighted by Gasteiger charge is -2.31. The van der Waals surface area contributed by atoms with E-state index >= 15 is 0 Å². The molecule has 0 aromatic heterocycles. The highest BCUT2D eigenvalue weighted by molar-refractivity contribution is 5.30. The van der Waals surface area contributed by atoms with Gasteiger partial charge in [-0.1, -0.05) is 6.07 Å². The molecule has 1 aliphatic heterocycles. The average molecular weight is 275 g/mol. The maximum Gasteiger partial charge on any atom is 0.416 e. The van der Waals surface area contributed by atoms with Gasteiger partial charge < -0.3 is 14.8 Å². The van der Waals surface area contributed by atoms with Crippen LogP contribution in [-0.4, -0.2) is 32.4 Å². The molecule has 1 aromatic rings. The summed E-state index contributed by atoms with van der Waals surface area (Å²) in [6, 6.07) is 4.91. The molecule has 1 heterocycles. The molecule has 0 aliphatic carbocycles. The minimum Gasteiger partial charge on any atom is -0.486 e. The molecular formula is C13H16F3NO2. The summed E-state index contributed by atoms with van der Waals surface area (Å²) in [7, 11) is 1.58. The predicted octanol–water partition coefficient (Wildman–Crippen LogP) is 2.46. The van der Waals surface area contributed by atoms with E-state index in [1.165, 1.54) is 12.1 Å². The second-order valence-electron chi connectivity index (χ2n) is 4.45. The zero-order valence-electron chi connectivity index (χ0n) is 10.5. The van der Waals surface area contributed by atoms with E-state index in [0.29, 0.717) is 6.54 Å². The standard InChI is InChI=1S/C13H16F3NO2/c1-18-11-5-6-17-8-12(11)19-10-4-2-3-9(7-10)13(14,15)16/h2-4,7,11-12,17H,5-6,8H2,1H3/t11-,12-/m1/s1. The van der Waals surface area contributed by atoms with Crippen molar-refractivity contribution in [2.75, 3.05) is 20.2 Å². The molecule has 0 bridgehead atoms. The Labute approximate surface area is 109 Å². The summed E-state index contributed by atoms with van der Waals surface area (Å²) >= 11 is 0. The molecule has 6 heteroatoms. The molecule has 106 valence electrons. The Balaban J connectivity index is 2.10. The summed E-state index contributed by atoms with van der Waals surface area (Å²) in [4.78, 5) is 0. The summed E-state index contributed by atoms with van der Waals surface area (Å²) in [5.74, 6) is 0.213. The number of hydrogen-bond acceptors (Lipinski definition) is 3. The van der Waals surface area contributed by atoms with Gasteiger partial charge in [-0.2, -0.15) is 13.2 Å². The van der Waals surface area contributed by atoms with Crippen LogP contribution < -0.4 is 10.1 Å². The van der Waals surface area contributed by atoms with Gasteiger partial charge in [0.1, 0.15) is 11.9 Å². The van der Waals surface area contributed by atoms with Crippen molar-refractivity contribution in [2.45, 2.75) is 24.8 Å². The minimum atomic E-state index is -4.36. The first kappa shape index (κ1) is 14.1. The zero-order valence-corrected chi connectivity index (χ0v) is 10.5. The normalized spacial score (nSPS) is 24.2. The Bertz CT molecular complexity index is 423. The van der Waals surface area contributed by atoms with Crippen LogP contribution in [0.4, 0.5) is 13.2 Å². The Hall–Kier alpha value is -1.27. The van der Waals surface area contributed by atoms with Crippen LogP contribution in [0.25, 0.3) is 0 Å². The molecule has 0 spiro atoms. The van der Waals surface area contributed by atoms with E-state index in [1.54, 1.807) is 7.11 Å². The monoisotopic (exact) mass is 275 g/mol. The van der Waals surface area contributed by atoms with Crippen LogP contribution in [0.2, 0.25) is 0 Å². The fourth-order valence-electron chi connectivity index (χ4n) is 2.11. The van der Waals surface area contributed by atoms with E-state index in [-0.39, 0.29) is 18.0 Å². The number of nitrogens with one attached hydrogen (secondary N) is 1. The smallest absolute Gasteiger partial charge is 0.416 e. The van der Waals surface area contributed by atoms with Crippen LogP contribution >= 0.6 is 0 Å². The number of ether oxygens (including phenoxy) is 2. The molecule has 0 unspecified atom stereocenters. The molecule has 1 aliphatic rings. The van der Waals surface area contributed by atoms with Crippen molar-refractivity contribution in [1.82, 2.24) is 5.32 Å². The molecule has 3 nitrogen and oxygen atoms in total. The molecule has 2 rings (SSSR count). The lowest BCUT2D eigenvalue weighted by atomic mass is 10.1. The van der Waals surface area contributed by atoms with Crippen LogP contribution in [-0.2, 0) is 10.9 Å². The van der Waals surface area contributed by atoms with Gasteiger partial charge in [0, 0.05) is 13.7 Å². The molecule has 1 saturated heterocycles. The summed E-state index contributed by atoms with van der Waals surface area (Å²) in [5.41, 5.74) is -0.706. The highest BCUT2D eigenvalue weighted by Crippen LogP contribution is 2.31. The van der Waals surface area contributed by atoms with E-state index in [0.717, 1.165) is 25.1 Å². The van der Waals surface area contributed by atoms with E-state index in [9.17, 15) is 13.2 Å². The number of rotatable bonds is 3. The first-order valence-electron chi connectivity index (χ1n) is 6.08. The van der Waals surface area contributed by atoms with Gasteiger partial charge in [0.05, 0.1) is 11.7 Å². The van der Waals surface area contributed by atoms with Gasteiger partial charge in [0.2, 0.25) is 0 Å². The second-order valence-corrected chi connectivity index (χ2v) is 4.45. The summed E-state index contributed by atoms with van der Waals surface area (Å²) in [5, 5.41) is 3.14. The van der Waals surface area contributed by atoms with Crippen molar-refractivity contribution in [3.8, 4) is 5.75 Å². The largest absolute Gasteiger partial charge is 0.486 e. The third kappa shape index (κ3) is 3.61. The van der Waals surface area contributed by atoms with E-state index in [4.69, 9.17) is 9.47 Å². The number of piperidine rings is 1. The summed E-state index contributed by atoms with van der Waals surface area (Å²) in [6.07, 6.45) is -3.96. The van der Waals surface area contributed by atoms with Gasteiger partial charge in [0.15, 0.2) is 0 Å². The summed E-state index contributed by atoms with van der Waals surface area (Å²) < 4.78 is 48.7. The maximum atomic E-state index is 12.6. The molecular weight excluding hydrogens is 259 g/mol. The average Bonchev–Trinajstić information content (AvgIpc) is 2.39. The predicted molar refractivity (Wildman–Crippen MR) is 64.1 cm³/mol. The van der Waals surface area contributed by atoms with Gasteiger partial charge in [-0.05, 0) is 31.2 Å². The van der Waals surface area contributed by atoms with Crippen molar-refractivity contribution in [1.29, 1.82) is 0 Å². The Morgan fingerprint density at radius 1 is 1.26 bits per heavy atom. The summed E-state index contributed by atoms with van der Waals surface area (Å²) in [6.45, 7) is 1.38. The van der Waals surface area contributed by atoms with E-state index < -0.39 is 11.7 Å². The molecule has 2 atom stereocenters. The first-order valence-corrected chi connectivity index (χ1v) is 6.08. The fourth-order valence-corrected chi connectivity index (χ4v) is 2.11. The number of halogens is 3. The van der Waals surface area contributed by atoms with Gasteiger partial charge >= 0.3 is 6.18 Å². The third-order valence-electron chi connectivity index (χ3n) is 3.12. The Kier molecular flexibility index (Phi) is 4.31. The van der Waals surface area contributed by atoms with Crippen molar-refractivity contribution >= 4 is 0 Å². The maximum absolute atomic E-state index is 12.6. The molecule has 1 fully saturated rings. The topological polar surface area (TPSA) is 30.5 Å². The van der Waals surface area contributed by atoms with Crippen molar-refractivity contribution in [3.63, 3.8) is 0 Å². The lowest BCUT2D eigenvalue weighted by molar-refractivity contribution is -0.137. The SMILES string of the molecule is CO[C@@H]1CCNC[C@H]1Oc1cccc(C(F)(F)F)c1. The fraction of sp³-hybridized carbons (Fsp3) is 0.538. The highest BCUT2D eigenvalue weighted by Gasteiger charge is 2.31. The molecule has 0 amide bonds. The van der Waals surface area contributed by atoms with Crippen LogP contribution in [0.3, 0.4) is 0 Å². The third-order valence-corrected chi connectivity index (χ3v) is 3.12. The van der Waals surface area contributed by atoms with Crippen LogP contribution in [0.1, 0.15) is 12.0 Å². The Morgan fingerprint density at radius 2 is 2.05 bits per heavy atom. The van der Waals surface area contributed by atoms with Crippen molar-refractivity contribution in [3.05, 3.63) is 29.8 Å². The molecule has 1 aromatic carbocycles. The Morgan fingerprint density at radius 3 is 2.74 bits per heavy atom. The van der Waals surface area contributed by atoms with Gasteiger partial charge in [-0.15, -0.1) is 0 Å². The molecule has 1 N–H and O–H groups in total. The van der Waals surface area contributed by atoms with Gasteiger partial charge in [-0.3, -0.25) is 0 Å². The molecule has 19 heavy (non-hydrogen) atoms. The van der Waals surface area contributed by atoms with Crippen molar-refractivity contribution in [2.24, 2.45) is 0 Å². The number of hydrogen-bond donors (Lipinski definition) is 1. The molecule has 0 radical (unpaired) electrons.